The van der Waals surface area contributed by atoms with Gasteiger partial charge in [-0.05, 0) is 48.2 Å². The van der Waals surface area contributed by atoms with Crippen LogP contribution in [0.1, 0.15) is 29.2 Å². The standard InChI is InChI=1S/C24H27NO2/c1-4-21-7-5-6-8-22(21)25-16-20-13-14-23(24(15-20)26-3)27-17-19-11-9-18(2)10-12-19/h5-15,25H,4,16-17H2,1-3H3. The van der Waals surface area contributed by atoms with Crippen LogP contribution in [0.3, 0.4) is 0 Å². The van der Waals surface area contributed by atoms with Gasteiger partial charge in [0.15, 0.2) is 11.5 Å². The van der Waals surface area contributed by atoms with Crippen molar-refractivity contribution in [2.24, 2.45) is 0 Å². The third-order valence-corrected chi connectivity index (χ3v) is 4.62. The summed E-state index contributed by atoms with van der Waals surface area (Å²) >= 11 is 0. The van der Waals surface area contributed by atoms with Gasteiger partial charge in [0, 0.05) is 12.2 Å². The van der Waals surface area contributed by atoms with Gasteiger partial charge in [0.2, 0.25) is 0 Å². The van der Waals surface area contributed by atoms with Crippen molar-refractivity contribution in [3.05, 3.63) is 89.0 Å². The summed E-state index contributed by atoms with van der Waals surface area (Å²) in [5.41, 5.74) is 6.05. The Hall–Kier alpha value is -2.94. The van der Waals surface area contributed by atoms with Crippen LogP contribution < -0.4 is 14.8 Å². The van der Waals surface area contributed by atoms with Gasteiger partial charge in [0.25, 0.3) is 0 Å². The van der Waals surface area contributed by atoms with Crippen molar-refractivity contribution in [2.75, 3.05) is 12.4 Å². The van der Waals surface area contributed by atoms with E-state index in [9.17, 15) is 0 Å². The van der Waals surface area contributed by atoms with Crippen molar-refractivity contribution < 1.29 is 9.47 Å². The van der Waals surface area contributed by atoms with Crippen LogP contribution in [0.25, 0.3) is 0 Å². The fourth-order valence-corrected chi connectivity index (χ4v) is 2.98. The molecule has 1 N–H and O–H groups in total. The number of rotatable bonds is 8. The molecular formula is C24H27NO2. The zero-order valence-electron chi connectivity index (χ0n) is 16.3. The summed E-state index contributed by atoms with van der Waals surface area (Å²) in [5.74, 6) is 1.51. The Kier molecular flexibility index (Phi) is 6.37. The molecule has 0 bridgehead atoms. The molecule has 3 rings (SSSR count). The summed E-state index contributed by atoms with van der Waals surface area (Å²) in [7, 11) is 1.68. The summed E-state index contributed by atoms with van der Waals surface area (Å²) in [6.45, 7) is 5.52. The van der Waals surface area contributed by atoms with Crippen LogP contribution >= 0.6 is 0 Å². The third-order valence-electron chi connectivity index (χ3n) is 4.62. The Balaban J connectivity index is 1.65. The highest BCUT2D eigenvalue weighted by Crippen LogP contribution is 2.29. The average Bonchev–Trinajstić information content (AvgIpc) is 2.72. The lowest BCUT2D eigenvalue weighted by Gasteiger charge is -2.14. The first-order valence-corrected chi connectivity index (χ1v) is 9.36. The maximum atomic E-state index is 5.96. The van der Waals surface area contributed by atoms with Gasteiger partial charge in [-0.25, -0.2) is 0 Å². The molecule has 0 aliphatic heterocycles. The van der Waals surface area contributed by atoms with Crippen molar-refractivity contribution in [2.45, 2.75) is 33.4 Å². The van der Waals surface area contributed by atoms with E-state index in [0.717, 1.165) is 35.6 Å². The summed E-state index contributed by atoms with van der Waals surface area (Å²) in [6, 6.07) is 22.9. The van der Waals surface area contributed by atoms with Gasteiger partial charge in [-0.3, -0.25) is 0 Å². The van der Waals surface area contributed by atoms with Crippen molar-refractivity contribution in [1.82, 2.24) is 0 Å². The van der Waals surface area contributed by atoms with E-state index < -0.39 is 0 Å². The van der Waals surface area contributed by atoms with Gasteiger partial charge in [-0.1, -0.05) is 61.0 Å². The topological polar surface area (TPSA) is 30.5 Å². The van der Waals surface area contributed by atoms with Crippen LogP contribution in [0, 0.1) is 6.92 Å². The third kappa shape index (κ3) is 5.04. The van der Waals surface area contributed by atoms with E-state index in [0.29, 0.717) is 6.61 Å². The maximum absolute atomic E-state index is 5.96. The lowest BCUT2D eigenvalue weighted by atomic mass is 10.1. The van der Waals surface area contributed by atoms with Crippen LogP contribution in [0.2, 0.25) is 0 Å². The highest BCUT2D eigenvalue weighted by atomic mass is 16.5. The summed E-state index contributed by atoms with van der Waals surface area (Å²) in [6.07, 6.45) is 1.01. The van der Waals surface area contributed by atoms with E-state index in [1.807, 2.05) is 12.1 Å². The molecule has 140 valence electrons. The number of anilines is 1. The minimum absolute atomic E-state index is 0.526. The van der Waals surface area contributed by atoms with E-state index in [4.69, 9.17) is 9.47 Å². The normalized spacial score (nSPS) is 10.5. The Morgan fingerprint density at radius 3 is 2.33 bits per heavy atom. The summed E-state index contributed by atoms with van der Waals surface area (Å²) < 4.78 is 11.5. The van der Waals surface area contributed by atoms with Crippen LogP contribution in [0.5, 0.6) is 11.5 Å². The second kappa shape index (κ2) is 9.13. The van der Waals surface area contributed by atoms with Crippen LogP contribution in [-0.2, 0) is 19.6 Å². The van der Waals surface area contributed by atoms with E-state index in [2.05, 4.69) is 73.8 Å². The van der Waals surface area contributed by atoms with Gasteiger partial charge in [-0.15, -0.1) is 0 Å². The lowest BCUT2D eigenvalue weighted by Crippen LogP contribution is -2.03. The highest BCUT2D eigenvalue weighted by Gasteiger charge is 2.07. The Morgan fingerprint density at radius 2 is 1.59 bits per heavy atom. The number of para-hydroxylation sites is 1. The Labute approximate surface area is 162 Å². The molecule has 0 aliphatic carbocycles. The summed E-state index contributed by atoms with van der Waals surface area (Å²) in [5, 5.41) is 3.52. The van der Waals surface area contributed by atoms with E-state index in [1.54, 1.807) is 7.11 Å². The molecule has 0 amide bonds. The smallest absolute Gasteiger partial charge is 0.161 e. The zero-order chi connectivity index (χ0) is 19.1. The van der Waals surface area contributed by atoms with Crippen LogP contribution in [0.15, 0.2) is 66.7 Å². The fraction of sp³-hybridized carbons (Fsp3) is 0.250. The molecule has 0 radical (unpaired) electrons. The van der Waals surface area contributed by atoms with Gasteiger partial charge in [-0.2, -0.15) is 0 Å². The predicted molar refractivity (Wildman–Crippen MR) is 112 cm³/mol. The van der Waals surface area contributed by atoms with Crippen molar-refractivity contribution >= 4 is 5.69 Å². The predicted octanol–water partition coefficient (Wildman–Crippen LogP) is 5.76. The monoisotopic (exact) mass is 361 g/mol. The van der Waals surface area contributed by atoms with Crippen molar-refractivity contribution in [3.63, 3.8) is 0 Å². The molecule has 3 aromatic rings. The lowest BCUT2D eigenvalue weighted by molar-refractivity contribution is 0.284. The average molecular weight is 361 g/mol. The van der Waals surface area contributed by atoms with E-state index in [1.165, 1.54) is 16.8 Å². The largest absolute Gasteiger partial charge is 0.493 e. The summed E-state index contributed by atoms with van der Waals surface area (Å²) in [4.78, 5) is 0. The quantitative estimate of drug-likeness (QED) is 0.553. The molecule has 0 heterocycles. The number of methoxy groups -OCH3 is 1. The molecule has 3 aromatic carbocycles. The van der Waals surface area contributed by atoms with Crippen LogP contribution in [0.4, 0.5) is 5.69 Å². The van der Waals surface area contributed by atoms with Crippen LogP contribution in [-0.4, -0.2) is 7.11 Å². The Morgan fingerprint density at radius 1 is 0.852 bits per heavy atom. The van der Waals surface area contributed by atoms with E-state index >= 15 is 0 Å². The number of hydrogen-bond donors (Lipinski definition) is 1. The maximum Gasteiger partial charge on any atom is 0.161 e. The minimum atomic E-state index is 0.526. The van der Waals surface area contributed by atoms with Crippen molar-refractivity contribution in [1.29, 1.82) is 0 Å². The molecule has 0 atom stereocenters. The molecule has 0 saturated heterocycles. The molecule has 0 spiro atoms. The zero-order valence-corrected chi connectivity index (χ0v) is 16.3. The Bertz CT molecular complexity index is 872. The number of ether oxygens (including phenoxy) is 2. The molecule has 3 heteroatoms. The molecule has 0 unspecified atom stereocenters. The second-order valence-corrected chi connectivity index (χ2v) is 6.62. The number of aryl methyl sites for hydroxylation is 2. The number of nitrogens with one attached hydrogen (secondary N) is 1. The van der Waals surface area contributed by atoms with Crippen molar-refractivity contribution in [3.8, 4) is 11.5 Å². The second-order valence-electron chi connectivity index (χ2n) is 6.62. The molecule has 0 aliphatic rings. The minimum Gasteiger partial charge on any atom is -0.493 e. The fourth-order valence-electron chi connectivity index (χ4n) is 2.98. The molecule has 0 fully saturated rings. The van der Waals surface area contributed by atoms with E-state index in [-0.39, 0.29) is 0 Å². The first-order valence-electron chi connectivity index (χ1n) is 9.36. The SMILES string of the molecule is CCc1ccccc1NCc1ccc(OCc2ccc(C)cc2)c(OC)c1. The first-order chi connectivity index (χ1) is 13.2. The molecule has 3 nitrogen and oxygen atoms in total. The molecular weight excluding hydrogens is 334 g/mol. The number of benzene rings is 3. The highest BCUT2D eigenvalue weighted by molar-refractivity contribution is 5.52. The molecule has 0 saturated carbocycles. The van der Waals surface area contributed by atoms with Gasteiger partial charge in [0.1, 0.15) is 6.61 Å². The molecule has 0 aromatic heterocycles. The van der Waals surface area contributed by atoms with Gasteiger partial charge < -0.3 is 14.8 Å². The first kappa shape index (κ1) is 18.8. The van der Waals surface area contributed by atoms with Gasteiger partial charge >= 0.3 is 0 Å². The van der Waals surface area contributed by atoms with Gasteiger partial charge in [0.05, 0.1) is 7.11 Å². The number of hydrogen-bond acceptors (Lipinski definition) is 3. The molecule has 27 heavy (non-hydrogen) atoms.